The fourth-order valence-electron chi connectivity index (χ4n) is 7.29. The minimum atomic E-state index is -0.488. The summed E-state index contributed by atoms with van der Waals surface area (Å²) in [5, 5.41) is 46.7. The molecule has 53 heavy (non-hydrogen) atoms. The van der Waals surface area contributed by atoms with Gasteiger partial charge in [-0.1, -0.05) is 109 Å². The molecule has 0 saturated heterocycles. The van der Waals surface area contributed by atoms with E-state index in [2.05, 4.69) is 42.5 Å². The van der Waals surface area contributed by atoms with E-state index >= 15 is 0 Å². The SMILES string of the molecule is Bc1cc(B)c2c(c1O)c1c(O)c(O)cc(O)c1n2-c1cccc(-c2nc(-c3ccccc3)nc(-c3ccc4cc(-c5ccccc5)ccc4c3)n2)c1. The summed E-state index contributed by atoms with van der Waals surface area (Å²) in [5.41, 5.74) is 7.50. The topological polar surface area (TPSA) is 125 Å². The first kappa shape index (κ1) is 31.9. The Morgan fingerprint density at radius 1 is 0.415 bits per heavy atom. The monoisotopic (exact) mass is 688 g/mol. The van der Waals surface area contributed by atoms with Crippen molar-refractivity contribution in [2.45, 2.75) is 0 Å². The van der Waals surface area contributed by atoms with Gasteiger partial charge in [0.1, 0.15) is 32.7 Å². The van der Waals surface area contributed by atoms with E-state index < -0.39 is 11.5 Å². The van der Waals surface area contributed by atoms with Gasteiger partial charge in [0.15, 0.2) is 29.0 Å². The third-order valence-electron chi connectivity index (χ3n) is 9.82. The van der Waals surface area contributed by atoms with Gasteiger partial charge in [0.05, 0.1) is 16.3 Å². The zero-order chi connectivity index (χ0) is 36.4. The van der Waals surface area contributed by atoms with Gasteiger partial charge in [0, 0.05) is 28.4 Å². The van der Waals surface area contributed by atoms with E-state index in [4.69, 9.17) is 15.0 Å². The second-order valence-corrected chi connectivity index (χ2v) is 13.3. The normalized spacial score (nSPS) is 11.5. The number of benzene rings is 7. The summed E-state index contributed by atoms with van der Waals surface area (Å²) >= 11 is 0. The van der Waals surface area contributed by atoms with Crippen LogP contribution >= 0.6 is 0 Å². The molecule has 0 atom stereocenters. The van der Waals surface area contributed by atoms with Crippen LogP contribution in [0.2, 0.25) is 0 Å². The van der Waals surface area contributed by atoms with Gasteiger partial charge in [-0.25, -0.2) is 15.0 Å². The molecule has 0 aliphatic carbocycles. The van der Waals surface area contributed by atoms with Crippen molar-refractivity contribution in [3.63, 3.8) is 0 Å². The quantitative estimate of drug-likeness (QED) is 0.0975. The average molecular weight is 688 g/mol. The van der Waals surface area contributed by atoms with Crippen molar-refractivity contribution in [3.05, 3.63) is 133 Å². The minimum Gasteiger partial charge on any atom is -0.508 e. The van der Waals surface area contributed by atoms with Gasteiger partial charge in [0.2, 0.25) is 0 Å². The van der Waals surface area contributed by atoms with Crippen molar-refractivity contribution in [1.82, 2.24) is 19.5 Å². The lowest BCUT2D eigenvalue weighted by atomic mass is 9.84. The number of phenols is 4. The molecule has 7 aromatic carbocycles. The van der Waals surface area contributed by atoms with Crippen LogP contribution in [0.5, 0.6) is 23.0 Å². The van der Waals surface area contributed by atoms with E-state index in [-0.39, 0.29) is 22.4 Å². The van der Waals surface area contributed by atoms with Crippen molar-refractivity contribution in [2.75, 3.05) is 0 Å². The number of hydrogen-bond donors (Lipinski definition) is 4. The zero-order valence-electron chi connectivity index (χ0n) is 28.8. The Kier molecular flexibility index (Phi) is 7.41. The van der Waals surface area contributed by atoms with Crippen molar-refractivity contribution < 1.29 is 20.4 Å². The van der Waals surface area contributed by atoms with E-state index in [1.807, 2.05) is 92.8 Å². The van der Waals surface area contributed by atoms with E-state index in [9.17, 15) is 20.4 Å². The molecule has 0 aliphatic rings. The number of hydrogen-bond acceptors (Lipinski definition) is 7. The molecule has 2 heterocycles. The number of rotatable bonds is 5. The summed E-state index contributed by atoms with van der Waals surface area (Å²) in [4.78, 5) is 14.9. The van der Waals surface area contributed by atoms with Gasteiger partial charge in [-0.3, -0.25) is 0 Å². The van der Waals surface area contributed by atoms with Crippen LogP contribution in [0.25, 0.3) is 83.6 Å². The highest BCUT2D eigenvalue weighted by atomic mass is 16.3. The van der Waals surface area contributed by atoms with E-state index in [0.717, 1.165) is 44.6 Å². The summed E-state index contributed by atoms with van der Waals surface area (Å²) in [6.45, 7) is 0. The molecule has 10 heteroatoms. The van der Waals surface area contributed by atoms with Crippen LogP contribution in [0.4, 0.5) is 0 Å². The summed E-state index contributed by atoms with van der Waals surface area (Å²) in [5.74, 6) is 0.246. The van der Waals surface area contributed by atoms with Gasteiger partial charge < -0.3 is 25.0 Å². The molecular weight excluding hydrogens is 658 g/mol. The second kappa shape index (κ2) is 12.3. The van der Waals surface area contributed by atoms with Gasteiger partial charge in [0.25, 0.3) is 0 Å². The molecule has 0 saturated carbocycles. The van der Waals surface area contributed by atoms with Gasteiger partial charge in [-0.05, 0) is 51.6 Å². The summed E-state index contributed by atoms with van der Waals surface area (Å²) in [6.07, 6.45) is 0. The second-order valence-electron chi connectivity index (χ2n) is 13.3. The van der Waals surface area contributed by atoms with Gasteiger partial charge in [-0.2, -0.15) is 0 Å². The maximum Gasteiger partial charge on any atom is 0.168 e. The lowest BCUT2D eigenvalue weighted by Crippen LogP contribution is -2.16. The Bertz CT molecular complexity index is 2840. The molecule has 0 aliphatic heterocycles. The molecule has 8 nitrogen and oxygen atoms in total. The summed E-state index contributed by atoms with van der Waals surface area (Å²) < 4.78 is 1.78. The first-order valence-corrected chi connectivity index (χ1v) is 17.2. The fourth-order valence-corrected chi connectivity index (χ4v) is 7.29. The van der Waals surface area contributed by atoms with E-state index in [1.165, 1.54) is 0 Å². The first-order chi connectivity index (χ1) is 25.7. The Morgan fingerprint density at radius 2 is 0.962 bits per heavy atom. The largest absolute Gasteiger partial charge is 0.508 e. The third kappa shape index (κ3) is 5.31. The Labute approximate surface area is 305 Å². The highest BCUT2D eigenvalue weighted by Gasteiger charge is 2.25. The maximum absolute atomic E-state index is 11.3. The molecule has 252 valence electrons. The molecule has 0 spiro atoms. The lowest BCUT2D eigenvalue weighted by Gasteiger charge is -2.14. The van der Waals surface area contributed by atoms with Crippen LogP contribution in [0.15, 0.2) is 133 Å². The number of fused-ring (bicyclic) bond motifs is 4. The number of aromatic nitrogens is 4. The molecule has 2 aromatic heterocycles. The van der Waals surface area contributed by atoms with E-state index in [0.29, 0.717) is 45.1 Å². The number of aromatic hydroxyl groups is 4. The molecule has 0 radical (unpaired) electrons. The molecule has 0 unspecified atom stereocenters. The Morgan fingerprint density at radius 3 is 1.64 bits per heavy atom. The van der Waals surface area contributed by atoms with Crippen molar-refractivity contribution in [1.29, 1.82) is 0 Å². The van der Waals surface area contributed by atoms with Crippen LogP contribution in [0.1, 0.15) is 0 Å². The van der Waals surface area contributed by atoms with Crippen LogP contribution in [-0.4, -0.2) is 55.6 Å². The molecule has 0 fully saturated rings. The highest BCUT2D eigenvalue weighted by molar-refractivity contribution is 6.46. The predicted molar refractivity (Wildman–Crippen MR) is 216 cm³/mol. The lowest BCUT2D eigenvalue weighted by molar-refractivity contribution is 0.402. The Hall–Kier alpha value is -7.06. The Balaban J connectivity index is 1.23. The zero-order valence-corrected chi connectivity index (χ0v) is 28.8. The smallest absolute Gasteiger partial charge is 0.168 e. The van der Waals surface area contributed by atoms with Crippen molar-refractivity contribution in [2.24, 2.45) is 0 Å². The summed E-state index contributed by atoms with van der Waals surface area (Å²) in [6, 6.07) is 43.2. The average Bonchev–Trinajstić information content (AvgIpc) is 3.57. The molecule has 0 amide bonds. The van der Waals surface area contributed by atoms with Crippen molar-refractivity contribution in [3.8, 4) is 74.0 Å². The number of nitrogens with zero attached hydrogens (tertiary/aromatic N) is 4. The molecule has 0 bridgehead atoms. The number of phenolic OH excluding ortho intramolecular Hbond substituents is 4. The van der Waals surface area contributed by atoms with Crippen LogP contribution in [0.3, 0.4) is 0 Å². The van der Waals surface area contributed by atoms with Crippen LogP contribution in [0, 0.1) is 0 Å². The third-order valence-corrected chi connectivity index (χ3v) is 9.82. The van der Waals surface area contributed by atoms with Crippen molar-refractivity contribution >= 4 is 59.2 Å². The molecular formula is C43H30B2N4O4. The molecule has 9 aromatic rings. The standard InChI is InChI=1S/C43H30B2N4O4/c44-31-21-32(45)39(52)35-36-38(33(50)22-34(51)40(36)53)49(37(31)35)30-13-7-12-28(20-30)42-46-41(24-10-5-2-6-11-24)47-43(48-42)29-17-16-26-18-25(14-15-27(26)19-29)23-8-3-1-4-9-23/h1-22,50-53H,44-45H2. The fraction of sp³-hybridized carbons (Fsp3) is 0. The maximum atomic E-state index is 11.3. The first-order valence-electron chi connectivity index (χ1n) is 17.2. The highest BCUT2D eigenvalue weighted by Crippen LogP contribution is 2.47. The van der Waals surface area contributed by atoms with E-state index in [1.54, 1.807) is 12.4 Å². The molecule has 4 N–H and O–H groups in total. The van der Waals surface area contributed by atoms with Crippen LogP contribution in [-0.2, 0) is 0 Å². The van der Waals surface area contributed by atoms with Crippen LogP contribution < -0.4 is 10.9 Å². The molecule has 9 rings (SSSR count). The van der Waals surface area contributed by atoms with Gasteiger partial charge >= 0.3 is 0 Å². The predicted octanol–water partition coefficient (Wildman–Crippen LogP) is 6.13. The summed E-state index contributed by atoms with van der Waals surface area (Å²) in [7, 11) is 3.67. The minimum absolute atomic E-state index is 0.0490. The van der Waals surface area contributed by atoms with Gasteiger partial charge in [-0.15, -0.1) is 0 Å².